The van der Waals surface area contributed by atoms with E-state index in [0.717, 1.165) is 12.6 Å². The van der Waals surface area contributed by atoms with E-state index < -0.39 is 27.9 Å². The Labute approximate surface area is 129 Å². The van der Waals surface area contributed by atoms with Crippen LogP contribution in [0.25, 0.3) is 0 Å². The highest BCUT2D eigenvalue weighted by Gasteiger charge is 2.21. The van der Waals surface area contributed by atoms with E-state index >= 15 is 0 Å². The number of carboxylic acids is 1. The number of aromatic nitrogens is 1. The molecule has 0 saturated heterocycles. The van der Waals surface area contributed by atoms with Gasteiger partial charge in [-0.1, -0.05) is 19.8 Å². The summed E-state index contributed by atoms with van der Waals surface area (Å²) >= 11 is 0. The Morgan fingerprint density at radius 1 is 1.36 bits per heavy atom. The van der Waals surface area contributed by atoms with E-state index in [-0.39, 0.29) is 10.6 Å². The minimum Gasteiger partial charge on any atom is -0.480 e. The van der Waals surface area contributed by atoms with Gasteiger partial charge in [0, 0.05) is 6.20 Å². The van der Waals surface area contributed by atoms with Crippen molar-refractivity contribution < 1.29 is 23.1 Å². The third-order valence-electron chi connectivity index (χ3n) is 2.99. The van der Waals surface area contributed by atoms with Gasteiger partial charge in [-0.15, -0.1) is 0 Å². The van der Waals surface area contributed by atoms with Gasteiger partial charge in [0.1, 0.15) is 6.04 Å². The molecule has 0 unspecified atom stereocenters. The fourth-order valence-electron chi connectivity index (χ4n) is 1.69. The smallest absolute Gasteiger partial charge is 0.326 e. The molecule has 1 atom stereocenters. The first kappa shape index (κ1) is 18.1. The third kappa shape index (κ3) is 4.78. The molecule has 1 aromatic rings. The Balaban J connectivity index is 2.83. The van der Waals surface area contributed by atoms with Crippen molar-refractivity contribution in [3.8, 4) is 0 Å². The molecule has 122 valence electrons. The highest BCUT2D eigenvalue weighted by Crippen LogP contribution is 2.07. The van der Waals surface area contributed by atoms with Crippen LogP contribution in [0.4, 0.5) is 0 Å². The van der Waals surface area contributed by atoms with Crippen LogP contribution in [-0.4, -0.2) is 43.5 Å². The van der Waals surface area contributed by atoms with Gasteiger partial charge in [0.25, 0.3) is 15.9 Å². The van der Waals surface area contributed by atoms with Crippen LogP contribution in [0, 0.1) is 0 Å². The first-order chi connectivity index (χ1) is 10.3. The number of rotatable bonds is 8. The Hall–Kier alpha value is -2.00. The molecule has 0 bridgehead atoms. The van der Waals surface area contributed by atoms with Crippen LogP contribution >= 0.6 is 0 Å². The van der Waals surface area contributed by atoms with E-state index in [2.05, 4.69) is 15.0 Å². The van der Waals surface area contributed by atoms with Crippen LogP contribution in [0.2, 0.25) is 0 Å². The number of carboxylic acid groups (broad SMARTS) is 1. The van der Waals surface area contributed by atoms with Crippen molar-refractivity contribution in [1.29, 1.82) is 0 Å². The molecule has 1 heterocycles. The normalized spacial score (nSPS) is 12.6. The molecule has 0 aliphatic carbocycles. The summed E-state index contributed by atoms with van der Waals surface area (Å²) in [6.45, 7) is 1.92. The van der Waals surface area contributed by atoms with E-state index in [9.17, 15) is 18.0 Å². The summed E-state index contributed by atoms with van der Waals surface area (Å²) in [4.78, 5) is 26.8. The standard InChI is InChI=1S/C13H19N3O5S/c1-3-4-5-10(13(18)19)16-12(17)9-6-7-11(15-8-9)22(20,21)14-2/h6-8,10,14H,3-5H2,1-2H3,(H,16,17)(H,18,19)/t10-/m0/s1. The monoisotopic (exact) mass is 329 g/mol. The van der Waals surface area contributed by atoms with Crippen LogP contribution in [0.1, 0.15) is 36.5 Å². The molecule has 1 amide bonds. The number of nitrogens with one attached hydrogen (secondary N) is 2. The van der Waals surface area contributed by atoms with Crippen molar-refractivity contribution in [3.05, 3.63) is 23.9 Å². The second-order valence-corrected chi connectivity index (χ2v) is 6.43. The van der Waals surface area contributed by atoms with Crippen LogP contribution in [-0.2, 0) is 14.8 Å². The Bertz CT molecular complexity index is 628. The zero-order chi connectivity index (χ0) is 16.8. The summed E-state index contributed by atoms with van der Waals surface area (Å²) in [7, 11) is -2.42. The maximum Gasteiger partial charge on any atom is 0.326 e. The van der Waals surface area contributed by atoms with Crippen molar-refractivity contribution in [2.24, 2.45) is 0 Å². The second kappa shape index (κ2) is 7.85. The minimum atomic E-state index is -3.68. The van der Waals surface area contributed by atoms with Gasteiger partial charge in [-0.25, -0.2) is 22.9 Å². The molecular formula is C13H19N3O5S. The lowest BCUT2D eigenvalue weighted by Gasteiger charge is -2.14. The summed E-state index contributed by atoms with van der Waals surface area (Å²) in [5.41, 5.74) is 0.0952. The van der Waals surface area contributed by atoms with Crippen LogP contribution in [0.15, 0.2) is 23.4 Å². The number of hydrogen-bond acceptors (Lipinski definition) is 5. The average Bonchev–Trinajstić information content (AvgIpc) is 2.51. The zero-order valence-corrected chi connectivity index (χ0v) is 13.2. The van der Waals surface area contributed by atoms with Gasteiger partial charge < -0.3 is 10.4 Å². The maximum atomic E-state index is 12.0. The van der Waals surface area contributed by atoms with E-state index in [1.165, 1.54) is 19.2 Å². The van der Waals surface area contributed by atoms with Gasteiger partial charge in [0.05, 0.1) is 5.56 Å². The van der Waals surface area contributed by atoms with E-state index in [4.69, 9.17) is 5.11 Å². The Morgan fingerprint density at radius 2 is 2.05 bits per heavy atom. The van der Waals surface area contributed by atoms with Gasteiger partial charge in [-0.3, -0.25) is 4.79 Å². The number of nitrogens with zero attached hydrogens (tertiary/aromatic N) is 1. The third-order valence-corrected chi connectivity index (χ3v) is 4.32. The predicted molar refractivity (Wildman–Crippen MR) is 78.9 cm³/mol. The summed E-state index contributed by atoms with van der Waals surface area (Å²) in [5, 5.41) is 11.2. The van der Waals surface area contributed by atoms with Gasteiger partial charge in [-0.05, 0) is 25.6 Å². The summed E-state index contributed by atoms with van der Waals surface area (Å²) in [6.07, 6.45) is 2.92. The lowest BCUT2D eigenvalue weighted by molar-refractivity contribution is -0.139. The van der Waals surface area contributed by atoms with Crippen molar-refractivity contribution in [3.63, 3.8) is 0 Å². The van der Waals surface area contributed by atoms with Crippen molar-refractivity contribution in [2.45, 2.75) is 37.3 Å². The molecule has 0 fully saturated rings. The van der Waals surface area contributed by atoms with Crippen molar-refractivity contribution in [2.75, 3.05) is 7.05 Å². The zero-order valence-electron chi connectivity index (χ0n) is 12.4. The van der Waals surface area contributed by atoms with Gasteiger partial charge in [-0.2, -0.15) is 0 Å². The molecule has 3 N–H and O–H groups in total. The number of pyridine rings is 1. The summed E-state index contributed by atoms with van der Waals surface area (Å²) in [6, 6.07) is 1.49. The number of carbonyl (C=O) groups excluding carboxylic acids is 1. The molecule has 0 radical (unpaired) electrons. The summed E-state index contributed by atoms with van der Waals surface area (Å²) in [5.74, 6) is -1.71. The molecule has 0 aromatic carbocycles. The number of amides is 1. The molecule has 1 rings (SSSR count). The predicted octanol–water partition coefficient (Wildman–Crippen LogP) is 0.363. The molecule has 8 nitrogen and oxygen atoms in total. The van der Waals surface area contributed by atoms with Crippen LogP contribution < -0.4 is 10.0 Å². The average molecular weight is 329 g/mol. The van der Waals surface area contributed by atoms with Crippen LogP contribution in [0.3, 0.4) is 0 Å². The SMILES string of the molecule is CCCC[C@H](NC(=O)c1ccc(S(=O)(=O)NC)nc1)C(=O)O. The fourth-order valence-corrected chi connectivity index (χ4v) is 2.33. The first-order valence-corrected chi connectivity index (χ1v) is 8.23. The lowest BCUT2D eigenvalue weighted by Crippen LogP contribution is -2.40. The molecule has 9 heteroatoms. The second-order valence-electron chi connectivity index (χ2n) is 4.60. The van der Waals surface area contributed by atoms with E-state index in [1.807, 2.05) is 6.92 Å². The van der Waals surface area contributed by atoms with Gasteiger partial charge in [0.2, 0.25) is 0 Å². The first-order valence-electron chi connectivity index (χ1n) is 6.75. The largest absolute Gasteiger partial charge is 0.480 e. The minimum absolute atomic E-state index is 0.0952. The van der Waals surface area contributed by atoms with Crippen molar-refractivity contribution in [1.82, 2.24) is 15.0 Å². The number of hydrogen-bond donors (Lipinski definition) is 3. The van der Waals surface area contributed by atoms with Crippen molar-refractivity contribution >= 4 is 21.9 Å². The Morgan fingerprint density at radius 3 is 2.50 bits per heavy atom. The van der Waals surface area contributed by atoms with Crippen LogP contribution in [0.5, 0.6) is 0 Å². The lowest BCUT2D eigenvalue weighted by atomic mass is 10.1. The number of unbranched alkanes of at least 4 members (excludes halogenated alkanes) is 1. The topological polar surface area (TPSA) is 125 Å². The molecule has 1 aromatic heterocycles. The molecule has 0 saturated carbocycles. The number of sulfonamides is 1. The summed E-state index contributed by atoms with van der Waals surface area (Å²) < 4.78 is 25.1. The molecule has 22 heavy (non-hydrogen) atoms. The molecule has 0 aliphatic rings. The maximum absolute atomic E-state index is 12.0. The Kier molecular flexibility index (Phi) is 6.44. The highest BCUT2D eigenvalue weighted by atomic mass is 32.2. The van der Waals surface area contributed by atoms with Gasteiger partial charge >= 0.3 is 5.97 Å². The van der Waals surface area contributed by atoms with E-state index in [0.29, 0.717) is 12.8 Å². The fraction of sp³-hybridized carbons (Fsp3) is 0.462. The molecular weight excluding hydrogens is 310 g/mol. The van der Waals surface area contributed by atoms with Gasteiger partial charge in [0.15, 0.2) is 5.03 Å². The van der Waals surface area contributed by atoms with E-state index in [1.54, 1.807) is 0 Å². The highest BCUT2D eigenvalue weighted by molar-refractivity contribution is 7.89. The molecule has 0 spiro atoms. The molecule has 0 aliphatic heterocycles. The quantitative estimate of drug-likeness (QED) is 0.632. The number of carbonyl (C=O) groups is 2. The number of aliphatic carboxylic acids is 1.